The normalized spacial score (nSPS) is 20.5. The number of fused-ring (bicyclic) bond motifs is 1. The highest BCUT2D eigenvalue weighted by Crippen LogP contribution is 2.46. The minimum atomic E-state index is -4.43. The highest BCUT2D eigenvalue weighted by Gasteiger charge is 2.39. The summed E-state index contributed by atoms with van der Waals surface area (Å²) < 4.78 is 44.9. The Labute approximate surface area is 220 Å². The van der Waals surface area contributed by atoms with Crippen molar-refractivity contribution in [3.8, 4) is 0 Å². The van der Waals surface area contributed by atoms with E-state index in [2.05, 4.69) is 25.2 Å². The molecule has 0 fully saturated rings. The molecule has 2 N–H and O–H groups in total. The summed E-state index contributed by atoms with van der Waals surface area (Å²) in [6.07, 6.45) is 3.18. The Bertz CT molecular complexity index is 1100. The van der Waals surface area contributed by atoms with Crippen LogP contribution in [0.5, 0.6) is 0 Å². The molecule has 3 rings (SSSR count). The van der Waals surface area contributed by atoms with Crippen LogP contribution in [0.2, 0.25) is 0 Å². The first-order valence-corrected chi connectivity index (χ1v) is 13.2. The van der Waals surface area contributed by atoms with Crippen molar-refractivity contribution in [3.63, 3.8) is 0 Å². The lowest BCUT2D eigenvalue weighted by atomic mass is 9.86. The van der Waals surface area contributed by atoms with Gasteiger partial charge in [0, 0.05) is 5.25 Å². The van der Waals surface area contributed by atoms with Gasteiger partial charge < -0.3 is 15.2 Å². The van der Waals surface area contributed by atoms with Gasteiger partial charge in [-0.15, -0.1) is 11.8 Å². The van der Waals surface area contributed by atoms with Crippen LogP contribution >= 0.6 is 11.8 Å². The van der Waals surface area contributed by atoms with Gasteiger partial charge in [-0.1, -0.05) is 58.9 Å². The Balaban J connectivity index is 1.90. The Kier molecular flexibility index (Phi) is 8.88. The number of benzene rings is 1. The Morgan fingerprint density at radius 3 is 2.32 bits per heavy atom. The van der Waals surface area contributed by atoms with E-state index in [0.29, 0.717) is 17.2 Å². The van der Waals surface area contributed by atoms with Crippen molar-refractivity contribution in [1.29, 1.82) is 0 Å². The van der Waals surface area contributed by atoms with E-state index < -0.39 is 35.1 Å². The molecule has 0 saturated heterocycles. The van der Waals surface area contributed by atoms with Crippen molar-refractivity contribution < 1.29 is 32.6 Å². The number of hydrogen-bond acceptors (Lipinski definition) is 4. The predicted octanol–water partition coefficient (Wildman–Crippen LogP) is 6.71. The van der Waals surface area contributed by atoms with Crippen molar-refractivity contribution in [1.82, 2.24) is 5.32 Å². The number of carboxylic acid groups (broad SMARTS) is 1. The van der Waals surface area contributed by atoms with Gasteiger partial charge in [-0.05, 0) is 52.9 Å². The Morgan fingerprint density at radius 2 is 1.78 bits per heavy atom. The third-order valence-electron chi connectivity index (χ3n) is 6.30. The van der Waals surface area contributed by atoms with E-state index in [0.717, 1.165) is 25.0 Å². The molecular weight excluding hydrogens is 503 g/mol. The third-order valence-corrected chi connectivity index (χ3v) is 7.67. The maximum Gasteiger partial charge on any atom is 0.416 e. The van der Waals surface area contributed by atoms with Gasteiger partial charge in [0.25, 0.3) is 5.91 Å². The average Bonchev–Trinajstić information content (AvgIpc) is 3.21. The van der Waals surface area contributed by atoms with Crippen LogP contribution in [0.3, 0.4) is 0 Å². The molecule has 202 valence electrons. The number of aliphatic carboxylic acids is 1. The molecule has 3 atom stereocenters. The zero-order chi connectivity index (χ0) is 27.5. The van der Waals surface area contributed by atoms with Crippen molar-refractivity contribution >= 4 is 23.6 Å². The van der Waals surface area contributed by atoms with Gasteiger partial charge in [-0.3, -0.25) is 4.79 Å². The lowest BCUT2D eigenvalue weighted by molar-refractivity contribution is -0.144. The third kappa shape index (κ3) is 7.43. The number of rotatable bonds is 9. The fourth-order valence-corrected chi connectivity index (χ4v) is 5.48. The molecule has 0 spiro atoms. The second-order valence-corrected chi connectivity index (χ2v) is 12.2. The van der Waals surface area contributed by atoms with Crippen LogP contribution in [0.1, 0.15) is 58.6 Å². The van der Waals surface area contributed by atoms with Gasteiger partial charge in [-0.2, -0.15) is 13.2 Å². The zero-order valence-corrected chi connectivity index (χ0v) is 22.5. The SMILES string of the molecule is CC(C)CCC1=CC2C(OCc3ccc(C(F)(F)F)cc3)=C(C(=O)N[C@H](C(=O)O)C(C)(C)C)C=CC2S1. The van der Waals surface area contributed by atoms with E-state index in [-0.39, 0.29) is 23.3 Å². The number of allylic oxidation sites excluding steroid dienone is 2. The van der Waals surface area contributed by atoms with Crippen molar-refractivity contribution in [2.45, 2.75) is 71.5 Å². The summed E-state index contributed by atoms with van der Waals surface area (Å²) in [6, 6.07) is 3.59. The molecule has 1 heterocycles. The molecule has 2 unspecified atom stereocenters. The summed E-state index contributed by atoms with van der Waals surface area (Å²) >= 11 is 1.71. The van der Waals surface area contributed by atoms with Crippen molar-refractivity contribution in [3.05, 3.63) is 69.9 Å². The van der Waals surface area contributed by atoms with Crippen LogP contribution in [0.4, 0.5) is 13.2 Å². The maximum atomic E-state index is 13.3. The number of carbonyl (C=O) groups is 2. The van der Waals surface area contributed by atoms with Crippen LogP contribution in [0.15, 0.2) is 58.7 Å². The molecule has 5 nitrogen and oxygen atoms in total. The molecule has 37 heavy (non-hydrogen) atoms. The number of ether oxygens (including phenoxy) is 1. The fraction of sp³-hybridized carbons (Fsp3) is 0.500. The summed E-state index contributed by atoms with van der Waals surface area (Å²) in [6.45, 7) is 9.47. The summed E-state index contributed by atoms with van der Waals surface area (Å²) in [5, 5.41) is 12.3. The van der Waals surface area contributed by atoms with Crippen LogP contribution in [-0.4, -0.2) is 28.3 Å². The van der Waals surface area contributed by atoms with E-state index in [4.69, 9.17) is 4.74 Å². The molecule has 1 aromatic carbocycles. The largest absolute Gasteiger partial charge is 0.492 e. The number of halogens is 3. The van der Waals surface area contributed by atoms with Crippen molar-refractivity contribution in [2.75, 3.05) is 0 Å². The second kappa shape index (κ2) is 11.4. The number of carboxylic acids is 1. The van der Waals surface area contributed by atoms with Crippen LogP contribution in [0, 0.1) is 17.3 Å². The van der Waals surface area contributed by atoms with Crippen LogP contribution in [0.25, 0.3) is 0 Å². The molecule has 0 bridgehead atoms. The van der Waals surface area contributed by atoms with E-state index in [1.54, 1.807) is 38.6 Å². The predicted molar refractivity (Wildman–Crippen MR) is 138 cm³/mol. The molecule has 1 aliphatic heterocycles. The molecule has 2 aliphatic rings. The Hall–Kier alpha value is -2.68. The Morgan fingerprint density at radius 1 is 1.14 bits per heavy atom. The van der Waals surface area contributed by atoms with Crippen molar-refractivity contribution in [2.24, 2.45) is 17.3 Å². The highest BCUT2D eigenvalue weighted by atomic mass is 32.2. The van der Waals surface area contributed by atoms with Gasteiger partial charge >= 0.3 is 12.1 Å². The standard InChI is InChI=1S/C28H34F3NO4S/c1-16(2)6-11-19-14-21-22(37-19)13-12-20(25(33)32-24(26(34)35)27(3,4)5)23(21)36-15-17-7-9-18(10-8-17)28(29,30)31/h7-10,12-14,16,21-22,24H,6,11,15H2,1-5H3,(H,32,33)(H,34,35)/t21?,22?,24-/m1/s1. The summed E-state index contributed by atoms with van der Waals surface area (Å²) in [5.41, 5.74) is -0.718. The quantitative estimate of drug-likeness (QED) is 0.366. The number of carbonyl (C=O) groups excluding carboxylic acids is 1. The van der Waals surface area contributed by atoms with E-state index >= 15 is 0 Å². The molecule has 1 aromatic rings. The summed E-state index contributed by atoms with van der Waals surface area (Å²) in [5.74, 6) is -0.996. The minimum absolute atomic E-state index is 0.0250. The molecule has 9 heteroatoms. The van der Waals surface area contributed by atoms with E-state index in [1.807, 2.05) is 6.08 Å². The van der Waals surface area contributed by atoms with Gasteiger partial charge in [-0.25, -0.2) is 4.79 Å². The lowest BCUT2D eigenvalue weighted by Gasteiger charge is -2.30. The first-order valence-electron chi connectivity index (χ1n) is 12.3. The summed E-state index contributed by atoms with van der Waals surface area (Å²) in [4.78, 5) is 26.3. The van der Waals surface area contributed by atoms with Gasteiger partial charge in [0.05, 0.1) is 17.1 Å². The number of amides is 1. The maximum absolute atomic E-state index is 13.3. The number of hydrogen-bond donors (Lipinski definition) is 2. The first-order chi connectivity index (χ1) is 17.2. The topological polar surface area (TPSA) is 75.6 Å². The smallest absolute Gasteiger partial charge is 0.416 e. The average molecular weight is 538 g/mol. The fourth-order valence-electron chi connectivity index (χ4n) is 4.16. The first kappa shape index (κ1) is 28.9. The molecule has 0 aromatic heterocycles. The molecule has 1 aliphatic carbocycles. The molecule has 0 saturated carbocycles. The van der Waals surface area contributed by atoms with Crippen LogP contribution in [-0.2, 0) is 27.1 Å². The van der Waals surface area contributed by atoms with Gasteiger partial charge in [0.2, 0.25) is 0 Å². The van der Waals surface area contributed by atoms with Gasteiger partial charge in [0.1, 0.15) is 18.4 Å². The number of thioether (sulfide) groups is 1. The van der Waals surface area contributed by atoms with E-state index in [1.165, 1.54) is 17.0 Å². The minimum Gasteiger partial charge on any atom is -0.492 e. The monoisotopic (exact) mass is 537 g/mol. The van der Waals surface area contributed by atoms with Crippen LogP contribution < -0.4 is 5.32 Å². The zero-order valence-electron chi connectivity index (χ0n) is 21.7. The highest BCUT2D eigenvalue weighted by molar-refractivity contribution is 8.04. The van der Waals surface area contributed by atoms with E-state index in [9.17, 15) is 27.9 Å². The van der Waals surface area contributed by atoms with Gasteiger partial charge in [0.15, 0.2) is 0 Å². The number of alkyl halides is 3. The molecular formula is C28H34F3NO4S. The number of nitrogens with one attached hydrogen (secondary N) is 1. The molecule has 0 radical (unpaired) electrons. The lowest BCUT2D eigenvalue weighted by Crippen LogP contribution is -2.49. The second-order valence-electron chi connectivity index (χ2n) is 10.9. The molecule has 1 amide bonds. The summed E-state index contributed by atoms with van der Waals surface area (Å²) in [7, 11) is 0.